The highest BCUT2D eigenvalue weighted by Crippen LogP contribution is 2.56. The zero-order valence-electron chi connectivity index (χ0n) is 39.4. The van der Waals surface area contributed by atoms with E-state index in [-0.39, 0.29) is 25.0 Å². The van der Waals surface area contributed by atoms with Crippen LogP contribution in [0, 0.1) is 5.92 Å². The number of rotatable bonds is 27. The number of carbonyl (C=O) groups is 4. The highest BCUT2D eigenvalue weighted by Gasteiger charge is 2.63. The minimum Gasteiger partial charge on any atom is -0.432 e. The van der Waals surface area contributed by atoms with Gasteiger partial charge in [-0.15, -0.1) is 0 Å². The molecule has 31 heteroatoms. The van der Waals surface area contributed by atoms with Gasteiger partial charge in [-0.25, -0.2) is 55.8 Å². The molecule has 0 amide bonds. The van der Waals surface area contributed by atoms with Gasteiger partial charge in [-0.3, -0.25) is 9.09 Å². The fraction of sp³-hybridized carbons (Fsp3) is 0.743. The van der Waals surface area contributed by atoms with Gasteiger partial charge in [0, 0.05) is 14.5 Å². The molecule has 0 radical (unpaired) electrons. The number of nitrogens with zero attached hydrogens (tertiary/aromatic N) is 4. The van der Waals surface area contributed by atoms with Crippen molar-refractivity contribution in [3.05, 3.63) is 6.33 Å². The number of aliphatic hydroxyl groups excluding tert-OH is 1. The Morgan fingerprint density at radius 2 is 1.29 bits per heavy atom. The molecule has 1 saturated heterocycles. The predicted molar refractivity (Wildman–Crippen MR) is 216 cm³/mol. The van der Waals surface area contributed by atoms with E-state index >= 15 is 4.39 Å². The van der Waals surface area contributed by atoms with E-state index in [4.69, 9.17) is 72.6 Å². The van der Waals surface area contributed by atoms with Gasteiger partial charge in [-0.2, -0.15) is 9.97 Å². The highest BCUT2D eigenvalue weighted by atomic mass is 31.2. The number of anilines is 1. The molecule has 0 saturated carbocycles. The number of ether oxygens (including phenoxy) is 9. The Bertz CT molecular complexity index is 2010. The van der Waals surface area contributed by atoms with Crippen molar-refractivity contribution >= 4 is 57.4 Å². The molecule has 3 heterocycles. The maximum absolute atomic E-state index is 17.4. The highest BCUT2D eigenvalue weighted by molar-refractivity contribution is 7.49. The van der Waals surface area contributed by atoms with Crippen LogP contribution in [0.3, 0.4) is 0 Å². The molecule has 1 fully saturated rings. The molecular weight excluding hydrogens is 939 g/mol. The van der Waals surface area contributed by atoms with E-state index in [1.165, 1.54) is 55.4 Å². The molecule has 66 heavy (non-hydrogen) atoms. The van der Waals surface area contributed by atoms with Crippen molar-refractivity contribution in [1.29, 1.82) is 1.43 Å². The summed E-state index contributed by atoms with van der Waals surface area (Å²) in [5.74, 6) is -6.01. The Balaban J connectivity index is 2.05. The number of phosphoric acid groups is 2. The summed E-state index contributed by atoms with van der Waals surface area (Å²) in [5.41, 5.74) is -3.11. The smallest absolute Gasteiger partial charge is 0.432 e. The quantitative estimate of drug-likeness (QED) is 0.0402. The Kier molecular flexibility index (Phi) is 19.7. The fourth-order valence-corrected chi connectivity index (χ4v) is 7.15. The third-order valence-corrected chi connectivity index (χ3v) is 10.4. The summed E-state index contributed by atoms with van der Waals surface area (Å²) in [6.45, 7) is 6.46. The normalized spacial score (nSPS) is 20.2. The lowest BCUT2D eigenvalue weighted by Crippen LogP contribution is -2.44. The molecule has 1 unspecified atom stereocenters. The molecule has 3 N–H and O–H groups in total. The van der Waals surface area contributed by atoms with Crippen LogP contribution in [0.4, 0.5) is 29.5 Å². The predicted octanol–water partition coefficient (Wildman–Crippen LogP) is 5.96. The molecule has 0 aliphatic carbocycles. The molecular formula is C35H56FN5O23P2. The number of halogens is 1. The van der Waals surface area contributed by atoms with Gasteiger partial charge in [0.25, 0.3) is 5.88 Å². The standard InChI is InChI=1S/C35H56FN5O23P2/c1-11-37-29-39-26-25(27(40-29)64-66(49,57-18-52-32(45)61-22(6)7)58-19-53-33(46)62-23(8)9)38-15-41(26)28-34(10,47)24(12-13-42)35(36,63-28)14-54-65(48,55-16-50-30(43)59-20(2)3)56-17-51-31(44)60-21(4)5/h15,20-24,28,42,47H,11-14,16-19H2,1-10H3,(H,37,39,40)/t24?,28-,34-,35-/m1/s1/i1T,42T. The number of aliphatic hydroxyl groups is 2. The molecule has 376 valence electrons. The van der Waals surface area contributed by atoms with Gasteiger partial charge in [-0.05, 0) is 75.6 Å². The molecule has 0 spiro atoms. The van der Waals surface area contributed by atoms with Gasteiger partial charge in [-0.1, -0.05) is 0 Å². The van der Waals surface area contributed by atoms with Gasteiger partial charge >= 0.3 is 40.3 Å². The van der Waals surface area contributed by atoms with Gasteiger partial charge in [0.15, 0.2) is 17.4 Å². The maximum atomic E-state index is 17.4. The Labute approximate surface area is 380 Å². The van der Waals surface area contributed by atoms with Crippen LogP contribution in [-0.4, -0.2) is 139 Å². The van der Waals surface area contributed by atoms with E-state index < -0.39 is 146 Å². The van der Waals surface area contributed by atoms with Crippen molar-refractivity contribution in [3.63, 3.8) is 0 Å². The first-order valence-electron chi connectivity index (χ1n) is 20.9. The maximum Gasteiger partial charge on any atom is 0.537 e. The minimum absolute atomic E-state index is 0.0861. The van der Waals surface area contributed by atoms with Crippen LogP contribution >= 0.6 is 15.6 Å². The average Bonchev–Trinajstić information content (AvgIpc) is 3.72. The summed E-state index contributed by atoms with van der Waals surface area (Å²) < 4.78 is 136. The second-order valence-electron chi connectivity index (χ2n) is 14.6. The number of fused-ring (bicyclic) bond motifs is 1. The number of hydrogen-bond donors (Lipinski definition) is 3. The van der Waals surface area contributed by atoms with Gasteiger partial charge in [0.1, 0.15) is 12.2 Å². The molecule has 4 atom stereocenters. The van der Waals surface area contributed by atoms with Crippen LogP contribution in [-0.2, 0) is 74.4 Å². The van der Waals surface area contributed by atoms with Crippen molar-refractivity contribution in [1.82, 2.24) is 19.5 Å². The first kappa shape index (κ1) is 52.3. The lowest BCUT2D eigenvalue weighted by atomic mass is 9.83. The first-order chi connectivity index (χ1) is 31.9. The van der Waals surface area contributed by atoms with Crippen LogP contribution in [0.5, 0.6) is 5.88 Å². The molecule has 2 aromatic rings. The van der Waals surface area contributed by atoms with E-state index in [2.05, 4.69) is 25.4 Å². The number of aromatic nitrogens is 4. The van der Waals surface area contributed by atoms with Crippen LogP contribution in [0.15, 0.2) is 6.33 Å². The molecule has 28 nitrogen and oxygen atoms in total. The van der Waals surface area contributed by atoms with Crippen LogP contribution in [0.25, 0.3) is 11.2 Å². The van der Waals surface area contributed by atoms with Crippen molar-refractivity contribution in [2.75, 3.05) is 52.2 Å². The van der Waals surface area contributed by atoms with Crippen molar-refractivity contribution in [2.24, 2.45) is 5.92 Å². The van der Waals surface area contributed by atoms with E-state index in [1.807, 2.05) is 0 Å². The summed E-state index contributed by atoms with van der Waals surface area (Å²) in [6, 6.07) is 0. The zero-order chi connectivity index (χ0) is 50.9. The number of carbonyl (C=O) groups excluding carboxylic acids is 4. The molecule has 1 aliphatic rings. The van der Waals surface area contributed by atoms with E-state index in [0.29, 0.717) is 0 Å². The topological polar surface area (TPSA) is 337 Å². The van der Waals surface area contributed by atoms with Crippen molar-refractivity contribution in [3.8, 4) is 5.88 Å². The number of phosphoric ester groups is 2. The van der Waals surface area contributed by atoms with Crippen LogP contribution in [0.1, 0.15) is 83.2 Å². The Hall–Kier alpha value is -4.70. The first-order valence-corrected chi connectivity index (χ1v) is 22.7. The number of alkyl halides is 1. The molecule has 3 rings (SSSR count). The summed E-state index contributed by atoms with van der Waals surface area (Å²) >= 11 is 0. The van der Waals surface area contributed by atoms with Gasteiger partial charge in [0.05, 0.1) is 36.7 Å². The number of hydrogen-bond acceptors (Lipinski definition) is 27. The molecule has 1 aliphatic heterocycles. The molecule has 0 bridgehead atoms. The number of imidazole rings is 1. The third-order valence-electron chi connectivity index (χ3n) is 7.86. The Morgan fingerprint density at radius 3 is 1.73 bits per heavy atom. The summed E-state index contributed by atoms with van der Waals surface area (Å²) in [5, 5.41) is 19.2. The summed E-state index contributed by atoms with van der Waals surface area (Å²) in [4.78, 5) is 60.6. The molecule has 2 aromatic heterocycles. The monoisotopic (exact) mass is 999 g/mol. The second-order valence-corrected chi connectivity index (χ2v) is 17.9. The second kappa shape index (κ2) is 24.9. The lowest BCUT2D eigenvalue weighted by molar-refractivity contribution is -0.195. The average molecular weight is 1000 g/mol. The minimum atomic E-state index is -5.13. The Morgan fingerprint density at radius 1 is 0.818 bits per heavy atom. The zero-order valence-corrected chi connectivity index (χ0v) is 39.2. The largest absolute Gasteiger partial charge is 0.537 e. The van der Waals surface area contributed by atoms with Crippen LogP contribution < -0.4 is 9.84 Å². The van der Waals surface area contributed by atoms with E-state index in [0.717, 1.165) is 17.8 Å². The van der Waals surface area contributed by atoms with Crippen molar-refractivity contribution < 1.29 is 114 Å². The number of nitrogens with one attached hydrogen (secondary N) is 1. The van der Waals surface area contributed by atoms with Gasteiger partial charge < -0.3 is 62.7 Å². The van der Waals surface area contributed by atoms with Gasteiger partial charge in [0.2, 0.25) is 40.4 Å². The van der Waals surface area contributed by atoms with E-state index in [9.17, 15) is 33.4 Å². The summed E-state index contributed by atoms with van der Waals surface area (Å²) in [7, 11) is -10.2. The van der Waals surface area contributed by atoms with Crippen molar-refractivity contribution in [2.45, 2.75) is 118 Å². The SMILES string of the molecule is [3H]CCNc1nc(OP(=O)(OCOC(=O)OC(C)C)OCOC(=O)OC(C)C)c2ncn([C@@H]3O[C@](F)(COP(=O)(OCOC(=O)OC(C)C)OCOC(=O)OC(C)C)C(CCO[3H])[C@@]3(C)O)c2n1. The van der Waals surface area contributed by atoms with Crippen LogP contribution in [0.2, 0.25) is 0 Å². The van der Waals surface area contributed by atoms with E-state index in [1.54, 1.807) is 0 Å². The molecule has 0 aromatic carbocycles. The lowest BCUT2D eigenvalue weighted by Gasteiger charge is -2.31. The fourth-order valence-electron chi connectivity index (χ4n) is 5.35. The summed E-state index contributed by atoms with van der Waals surface area (Å²) in [6.07, 6.45) is -8.89. The third kappa shape index (κ3) is 16.9.